The fourth-order valence-electron chi connectivity index (χ4n) is 1.29. The lowest BCUT2D eigenvalue weighted by atomic mass is 9.91. The second-order valence-corrected chi connectivity index (χ2v) is 3.56. The Balaban J connectivity index is 3.17. The van der Waals surface area contributed by atoms with Crippen molar-refractivity contribution >= 4 is 0 Å². The predicted octanol–water partition coefficient (Wildman–Crippen LogP) is 2.23. The molecule has 0 fully saturated rings. The number of hydrogen-bond donors (Lipinski definition) is 1. The maximum atomic E-state index is 14.2. The number of para-hydroxylation sites is 1. The van der Waals surface area contributed by atoms with Gasteiger partial charge in [0, 0.05) is 11.6 Å². The van der Waals surface area contributed by atoms with Crippen LogP contribution in [-0.2, 0) is 5.67 Å². The summed E-state index contributed by atoms with van der Waals surface area (Å²) in [5.41, 5.74) is 4.53. The van der Waals surface area contributed by atoms with E-state index in [4.69, 9.17) is 10.5 Å². The van der Waals surface area contributed by atoms with Gasteiger partial charge in [0.1, 0.15) is 5.75 Å². The van der Waals surface area contributed by atoms with Crippen LogP contribution in [0.2, 0.25) is 0 Å². The summed E-state index contributed by atoms with van der Waals surface area (Å²) in [6.07, 6.45) is 0. The van der Waals surface area contributed by atoms with E-state index in [1.165, 1.54) is 14.0 Å². The largest absolute Gasteiger partial charge is 0.496 e. The lowest BCUT2D eigenvalue weighted by Crippen LogP contribution is -2.37. The highest BCUT2D eigenvalue weighted by Crippen LogP contribution is 2.34. The molecular weight excluding hydrogens is 181 g/mol. The molecule has 2 atom stereocenters. The number of alkyl halides is 1. The summed E-state index contributed by atoms with van der Waals surface area (Å²) < 4.78 is 19.3. The van der Waals surface area contributed by atoms with Crippen LogP contribution in [0.15, 0.2) is 24.3 Å². The van der Waals surface area contributed by atoms with Gasteiger partial charge in [-0.2, -0.15) is 0 Å². The summed E-state index contributed by atoms with van der Waals surface area (Å²) in [7, 11) is 1.52. The maximum absolute atomic E-state index is 14.2. The van der Waals surface area contributed by atoms with Crippen LogP contribution in [0.4, 0.5) is 4.39 Å². The Labute approximate surface area is 83.9 Å². The fourth-order valence-corrected chi connectivity index (χ4v) is 1.29. The van der Waals surface area contributed by atoms with Gasteiger partial charge in [0.25, 0.3) is 0 Å². The number of benzene rings is 1. The molecule has 0 aromatic heterocycles. The highest BCUT2D eigenvalue weighted by molar-refractivity contribution is 5.38. The summed E-state index contributed by atoms with van der Waals surface area (Å²) in [5, 5.41) is 0. The van der Waals surface area contributed by atoms with Crippen molar-refractivity contribution in [1.82, 2.24) is 0 Å². The predicted molar refractivity (Wildman–Crippen MR) is 55.1 cm³/mol. The van der Waals surface area contributed by atoms with E-state index < -0.39 is 11.7 Å². The Kier molecular flexibility index (Phi) is 3.11. The third kappa shape index (κ3) is 1.87. The van der Waals surface area contributed by atoms with Crippen LogP contribution in [-0.4, -0.2) is 13.2 Å². The normalized spacial score (nSPS) is 17.2. The molecule has 0 aliphatic carbocycles. The Morgan fingerprint density at radius 2 is 2.00 bits per heavy atom. The highest BCUT2D eigenvalue weighted by atomic mass is 19.1. The molecule has 0 aliphatic heterocycles. The summed E-state index contributed by atoms with van der Waals surface area (Å²) in [6.45, 7) is 3.11. The van der Waals surface area contributed by atoms with E-state index in [-0.39, 0.29) is 0 Å². The van der Waals surface area contributed by atoms with Gasteiger partial charge < -0.3 is 10.5 Å². The topological polar surface area (TPSA) is 35.2 Å². The van der Waals surface area contributed by atoms with Crippen LogP contribution in [0.3, 0.4) is 0 Å². The van der Waals surface area contributed by atoms with Gasteiger partial charge in [0.2, 0.25) is 0 Å². The number of halogens is 1. The summed E-state index contributed by atoms with van der Waals surface area (Å²) in [4.78, 5) is 0. The number of methoxy groups -OCH3 is 1. The molecule has 2 unspecified atom stereocenters. The van der Waals surface area contributed by atoms with Gasteiger partial charge in [0.05, 0.1) is 7.11 Å². The zero-order chi connectivity index (χ0) is 10.8. The third-order valence-corrected chi connectivity index (χ3v) is 2.49. The summed E-state index contributed by atoms with van der Waals surface area (Å²) in [6, 6.07) is 6.44. The summed E-state index contributed by atoms with van der Waals surface area (Å²) in [5.74, 6) is 0.537. The molecule has 0 saturated heterocycles. The molecule has 0 aliphatic rings. The van der Waals surface area contributed by atoms with Crippen molar-refractivity contribution in [2.45, 2.75) is 25.6 Å². The molecule has 0 spiro atoms. The van der Waals surface area contributed by atoms with Crippen LogP contribution < -0.4 is 10.5 Å². The molecule has 1 aromatic carbocycles. The molecule has 2 N–H and O–H groups in total. The number of hydrogen-bond acceptors (Lipinski definition) is 2. The van der Waals surface area contributed by atoms with Crippen molar-refractivity contribution < 1.29 is 9.13 Å². The van der Waals surface area contributed by atoms with E-state index in [1.54, 1.807) is 31.2 Å². The first-order valence-electron chi connectivity index (χ1n) is 4.58. The third-order valence-electron chi connectivity index (χ3n) is 2.49. The molecule has 1 aromatic rings. The van der Waals surface area contributed by atoms with Crippen LogP contribution in [0.5, 0.6) is 5.75 Å². The molecule has 0 saturated carbocycles. The van der Waals surface area contributed by atoms with Gasteiger partial charge in [-0.3, -0.25) is 0 Å². The van der Waals surface area contributed by atoms with E-state index >= 15 is 0 Å². The van der Waals surface area contributed by atoms with E-state index in [0.29, 0.717) is 11.3 Å². The van der Waals surface area contributed by atoms with E-state index in [9.17, 15) is 4.39 Å². The lowest BCUT2D eigenvalue weighted by Gasteiger charge is -2.26. The van der Waals surface area contributed by atoms with Crippen molar-refractivity contribution in [2.75, 3.05) is 7.11 Å². The molecule has 0 bridgehead atoms. The molecule has 3 heteroatoms. The highest BCUT2D eigenvalue weighted by Gasteiger charge is 2.33. The van der Waals surface area contributed by atoms with Crippen LogP contribution in [0.1, 0.15) is 19.4 Å². The van der Waals surface area contributed by atoms with E-state index in [0.717, 1.165) is 0 Å². The molecule has 2 nitrogen and oxygen atoms in total. The van der Waals surface area contributed by atoms with E-state index in [1.807, 2.05) is 0 Å². The van der Waals surface area contributed by atoms with Crippen LogP contribution in [0.25, 0.3) is 0 Å². The molecular formula is C11H16FNO. The Bertz CT molecular complexity index is 310. The molecule has 0 radical (unpaired) electrons. The smallest absolute Gasteiger partial charge is 0.151 e. The van der Waals surface area contributed by atoms with Crippen molar-refractivity contribution in [2.24, 2.45) is 5.73 Å². The summed E-state index contributed by atoms with van der Waals surface area (Å²) >= 11 is 0. The van der Waals surface area contributed by atoms with E-state index in [2.05, 4.69) is 0 Å². The Morgan fingerprint density at radius 1 is 1.43 bits per heavy atom. The van der Waals surface area contributed by atoms with Crippen molar-refractivity contribution in [3.8, 4) is 5.75 Å². The van der Waals surface area contributed by atoms with Crippen molar-refractivity contribution in [3.63, 3.8) is 0 Å². The average Bonchev–Trinajstić information content (AvgIpc) is 2.17. The van der Waals surface area contributed by atoms with Gasteiger partial charge >= 0.3 is 0 Å². The number of rotatable bonds is 3. The SMILES string of the molecule is COc1ccccc1C(C)(F)C(C)N. The van der Waals surface area contributed by atoms with Gasteiger partial charge in [-0.05, 0) is 19.9 Å². The average molecular weight is 197 g/mol. The fraction of sp³-hybridized carbons (Fsp3) is 0.455. The lowest BCUT2D eigenvalue weighted by molar-refractivity contribution is 0.153. The van der Waals surface area contributed by atoms with Crippen molar-refractivity contribution in [1.29, 1.82) is 0 Å². The first kappa shape index (κ1) is 11.0. The second kappa shape index (κ2) is 3.96. The second-order valence-electron chi connectivity index (χ2n) is 3.56. The molecule has 78 valence electrons. The quantitative estimate of drug-likeness (QED) is 0.806. The van der Waals surface area contributed by atoms with Crippen LogP contribution >= 0.6 is 0 Å². The first-order chi connectivity index (χ1) is 6.50. The molecule has 0 heterocycles. The standard InChI is InChI=1S/C11H16FNO/c1-8(13)11(2,12)9-6-4-5-7-10(9)14-3/h4-8H,13H2,1-3H3. The maximum Gasteiger partial charge on any atom is 0.151 e. The van der Waals surface area contributed by atoms with Gasteiger partial charge in [-0.25, -0.2) is 4.39 Å². The first-order valence-corrected chi connectivity index (χ1v) is 4.58. The van der Waals surface area contributed by atoms with Gasteiger partial charge in [-0.1, -0.05) is 18.2 Å². The molecule has 0 amide bonds. The monoisotopic (exact) mass is 197 g/mol. The molecule has 14 heavy (non-hydrogen) atoms. The van der Waals surface area contributed by atoms with Crippen molar-refractivity contribution in [3.05, 3.63) is 29.8 Å². The van der Waals surface area contributed by atoms with Crippen LogP contribution in [0, 0.1) is 0 Å². The Hall–Kier alpha value is -1.09. The Morgan fingerprint density at radius 3 is 2.50 bits per heavy atom. The number of nitrogens with two attached hydrogens (primary N) is 1. The van der Waals surface area contributed by atoms with Gasteiger partial charge in [0.15, 0.2) is 5.67 Å². The minimum absolute atomic E-state index is 0.498. The van der Waals surface area contributed by atoms with Gasteiger partial charge in [-0.15, -0.1) is 0 Å². The zero-order valence-corrected chi connectivity index (χ0v) is 8.75. The molecule has 1 rings (SSSR count). The number of ether oxygens (including phenoxy) is 1. The minimum Gasteiger partial charge on any atom is -0.496 e. The minimum atomic E-state index is -1.56. The zero-order valence-electron chi connectivity index (χ0n) is 8.75.